The first-order chi connectivity index (χ1) is 7.42. The maximum absolute atomic E-state index is 12.4. The van der Waals surface area contributed by atoms with Crippen molar-refractivity contribution in [1.82, 2.24) is 5.32 Å². The fourth-order valence-corrected chi connectivity index (χ4v) is 1.15. The normalized spacial score (nSPS) is 11.9. The first-order valence-electron chi connectivity index (χ1n) is 5.37. The van der Waals surface area contributed by atoms with E-state index in [9.17, 15) is 22.4 Å². The van der Waals surface area contributed by atoms with Gasteiger partial charge in [0.25, 0.3) is 5.91 Å². The van der Waals surface area contributed by atoms with Crippen molar-refractivity contribution < 1.29 is 22.4 Å². The highest BCUT2D eigenvalue weighted by Crippen LogP contribution is 2.22. The van der Waals surface area contributed by atoms with Crippen LogP contribution < -0.4 is 5.32 Å². The van der Waals surface area contributed by atoms with Crippen LogP contribution in [0.5, 0.6) is 0 Å². The Morgan fingerprint density at radius 3 is 2.25 bits per heavy atom. The van der Waals surface area contributed by atoms with E-state index in [-0.39, 0.29) is 6.54 Å². The summed E-state index contributed by atoms with van der Waals surface area (Å²) in [4.78, 5) is 10.7. The molecular weight excluding hydrogens is 226 g/mol. The number of hydrogen-bond acceptors (Lipinski definition) is 1. The minimum Gasteiger partial charge on any atom is -0.351 e. The molecular formula is C10H17F4NO. The Morgan fingerprint density at radius 1 is 1.19 bits per heavy atom. The van der Waals surface area contributed by atoms with Crippen LogP contribution in [0, 0.1) is 0 Å². The van der Waals surface area contributed by atoms with Crippen LogP contribution >= 0.6 is 0 Å². The number of alkyl halides is 4. The van der Waals surface area contributed by atoms with E-state index in [2.05, 4.69) is 0 Å². The topological polar surface area (TPSA) is 29.1 Å². The van der Waals surface area contributed by atoms with E-state index in [0.717, 1.165) is 25.7 Å². The molecule has 0 atom stereocenters. The Bertz CT molecular complexity index is 209. The molecule has 0 heterocycles. The lowest BCUT2D eigenvalue weighted by atomic mass is 10.1. The van der Waals surface area contributed by atoms with Crippen molar-refractivity contribution in [3.05, 3.63) is 0 Å². The molecule has 0 aliphatic heterocycles. The Kier molecular flexibility index (Phi) is 7.08. The van der Waals surface area contributed by atoms with Crippen molar-refractivity contribution in [2.75, 3.05) is 6.54 Å². The quantitative estimate of drug-likeness (QED) is 0.515. The molecule has 0 aromatic rings. The van der Waals surface area contributed by atoms with Gasteiger partial charge in [0.2, 0.25) is 0 Å². The summed E-state index contributed by atoms with van der Waals surface area (Å²) in [5.74, 6) is -6.47. The second-order valence-corrected chi connectivity index (χ2v) is 3.59. The zero-order chi connectivity index (χ0) is 12.6. The molecule has 6 heteroatoms. The van der Waals surface area contributed by atoms with Gasteiger partial charge in [-0.1, -0.05) is 32.6 Å². The van der Waals surface area contributed by atoms with E-state index < -0.39 is 18.3 Å². The summed E-state index contributed by atoms with van der Waals surface area (Å²) in [6.45, 7) is 2.05. The molecule has 0 saturated carbocycles. The van der Waals surface area contributed by atoms with Gasteiger partial charge in [-0.15, -0.1) is 0 Å². The lowest BCUT2D eigenvalue weighted by Gasteiger charge is -2.14. The van der Waals surface area contributed by atoms with Gasteiger partial charge in [0, 0.05) is 6.54 Å². The highest BCUT2D eigenvalue weighted by molar-refractivity contribution is 5.83. The fraction of sp³-hybridized carbons (Fsp3) is 0.900. The van der Waals surface area contributed by atoms with Crippen LogP contribution in [0.15, 0.2) is 0 Å². The van der Waals surface area contributed by atoms with Gasteiger partial charge < -0.3 is 5.32 Å². The van der Waals surface area contributed by atoms with Gasteiger partial charge in [-0.25, -0.2) is 8.78 Å². The maximum Gasteiger partial charge on any atom is 0.383 e. The van der Waals surface area contributed by atoms with Gasteiger partial charge in [-0.2, -0.15) is 8.78 Å². The van der Waals surface area contributed by atoms with E-state index in [1.54, 1.807) is 0 Å². The lowest BCUT2D eigenvalue weighted by Crippen LogP contribution is -2.45. The molecule has 0 rings (SSSR count). The summed E-state index contributed by atoms with van der Waals surface area (Å²) >= 11 is 0. The second-order valence-electron chi connectivity index (χ2n) is 3.59. The number of unbranched alkanes of at least 4 members (excludes halogenated alkanes) is 4. The summed E-state index contributed by atoms with van der Waals surface area (Å²) in [6.07, 6.45) is 0.432. The molecule has 0 aromatic heterocycles. The molecule has 16 heavy (non-hydrogen) atoms. The molecule has 1 amide bonds. The molecule has 2 nitrogen and oxygen atoms in total. The number of halogens is 4. The summed E-state index contributed by atoms with van der Waals surface area (Å²) in [6, 6.07) is 0. The number of carbonyl (C=O) groups is 1. The highest BCUT2D eigenvalue weighted by Gasteiger charge is 2.48. The summed E-state index contributed by atoms with van der Waals surface area (Å²) < 4.78 is 48.3. The van der Waals surface area contributed by atoms with Crippen LogP contribution in [0.4, 0.5) is 17.6 Å². The average Bonchev–Trinajstić information content (AvgIpc) is 2.22. The Hall–Kier alpha value is -0.810. The highest BCUT2D eigenvalue weighted by atomic mass is 19.3. The third-order valence-corrected chi connectivity index (χ3v) is 2.14. The minimum absolute atomic E-state index is 0.0187. The van der Waals surface area contributed by atoms with Crippen molar-refractivity contribution in [2.24, 2.45) is 0 Å². The molecule has 0 fully saturated rings. The predicted molar refractivity (Wildman–Crippen MR) is 52.7 cm³/mol. The van der Waals surface area contributed by atoms with Crippen LogP contribution in [0.25, 0.3) is 0 Å². The van der Waals surface area contributed by atoms with E-state index in [4.69, 9.17) is 0 Å². The molecule has 0 aromatic carbocycles. The largest absolute Gasteiger partial charge is 0.383 e. The smallest absolute Gasteiger partial charge is 0.351 e. The van der Waals surface area contributed by atoms with Crippen molar-refractivity contribution in [2.45, 2.75) is 51.4 Å². The number of amides is 1. The molecule has 0 aliphatic rings. The molecule has 0 bridgehead atoms. The maximum atomic E-state index is 12.4. The van der Waals surface area contributed by atoms with E-state index in [0.29, 0.717) is 6.42 Å². The SMILES string of the molecule is CCCCCCCNC(=O)C(F)(F)C(F)F. The molecule has 96 valence electrons. The molecule has 0 spiro atoms. The Labute approximate surface area is 92.4 Å². The molecule has 0 saturated heterocycles. The Morgan fingerprint density at radius 2 is 1.75 bits per heavy atom. The second kappa shape index (κ2) is 7.46. The van der Waals surface area contributed by atoms with Gasteiger partial charge in [0.05, 0.1) is 0 Å². The molecule has 0 radical (unpaired) electrons. The summed E-state index contributed by atoms with van der Waals surface area (Å²) in [5, 5.41) is 1.81. The van der Waals surface area contributed by atoms with Gasteiger partial charge in [-0.3, -0.25) is 4.79 Å². The van der Waals surface area contributed by atoms with Crippen LogP contribution in [-0.2, 0) is 4.79 Å². The average molecular weight is 243 g/mol. The van der Waals surface area contributed by atoms with Crippen LogP contribution in [-0.4, -0.2) is 24.8 Å². The summed E-state index contributed by atoms with van der Waals surface area (Å²) in [5.41, 5.74) is 0. The number of carbonyl (C=O) groups excluding carboxylic acids is 1. The minimum atomic E-state index is -4.58. The van der Waals surface area contributed by atoms with Gasteiger partial charge in [0.1, 0.15) is 0 Å². The first kappa shape index (κ1) is 15.2. The fourth-order valence-electron chi connectivity index (χ4n) is 1.15. The Balaban J connectivity index is 3.66. The zero-order valence-corrected chi connectivity index (χ0v) is 9.24. The van der Waals surface area contributed by atoms with Crippen molar-refractivity contribution in [3.63, 3.8) is 0 Å². The van der Waals surface area contributed by atoms with Gasteiger partial charge >= 0.3 is 12.3 Å². The molecule has 1 N–H and O–H groups in total. The molecule has 0 unspecified atom stereocenters. The number of rotatable bonds is 8. The van der Waals surface area contributed by atoms with Crippen molar-refractivity contribution in [1.29, 1.82) is 0 Å². The van der Waals surface area contributed by atoms with Gasteiger partial charge in [0.15, 0.2) is 0 Å². The van der Waals surface area contributed by atoms with E-state index >= 15 is 0 Å². The standard InChI is InChI=1S/C10H17F4NO/c1-2-3-4-5-6-7-15-9(16)10(13,14)8(11)12/h8H,2-7H2,1H3,(H,15,16). The number of nitrogens with one attached hydrogen (secondary N) is 1. The van der Waals surface area contributed by atoms with Crippen LogP contribution in [0.2, 0.25) is 0 Å². The number of hydrogen-bond donors (Lipinski definition) is 1. The van der Waals surface area contributed by atoms with Crippen LogP contribution in [0.3, 0.4) is 0 Å². The zero-order valence-electron chi connectivity index (χ0n) is 9.24. The monoisotopic (exact) mass is 243 g/mol. The van der Waals surface area contributed by atoms with Crippen molar-refractivity contribution in [3.8, 4) is 0 Å². The van der Waals surface area contributed by atoms with Crippen LogP contribution in [0.1, 0.15) is 39.0 Å². The third-order valence-electron chi connectivity index (χ3n) is 2.14. The van der Waals surface area contributed by atoms with E-state index in [1.807, 2.05) is 12.2 Å². The van der Waals surface area contributed by atoms with E-state index in [1.165, 1.54) is 0 Å². The first-order valence-corrected chi connectivity index (χ1v) is 5.37. The summed E-state index contributed by atoms with van der Waals surface area (Å²) in [7, 11) is 0. The molecule has 0 aliphatic carbocycles. The van der Waals surface area contributed by atoms with Crippen molar-refractivity contribution >= 4 is 5.91 Å². The lowest BCUT2D eigenvalue weighted by molar-refractivity contribution is -0.169. The third kappa shape index (κ3) is 5.32. The van der Waals surface area contributed by atoms with Gasteiger partial charge in [-0.05, 0) is 6.42 Å². The predicted octanol–water partition coefficient (Wildman–Crippen LogP) is 2.97.